The van der Waals surface area contributed by atoms with Crippen LogP contribution in [0.1, 0.15) is 11.3 Å². The number of likely N-dealkylation sites (N-methyl/N-ethyl adjacent to an activating group) is 1. The molecule has 0 unspecified atom stereocenters. The van der Waals surface area contributed by atoms with E-state index in [-0.39, 0.29) is 5.56 Å². The van der Waals surface area contributed by atoms with E-state index in [1.54, 1.807) is 25.4 Å². The van der Waals surface area contributed by atoms with Gasteiger partial charge in [-0.05, 0) is 54.4 Å². The number of benzene rings is 2. The molecule has 4 aromatic rings. The molecule has 1 fully saturated rings. The van der Waals surface area contributed by atoms with Crippen molar-refractivity contribution in [3.63, 3.8) is 0 Å². The Kier molecular flexibility index (Phi) is 7.05. The minimum absolute atomic E-state index is 0.224. The summed E-state index contributed by atoms with van der Waals surface area (Å²) in [5.41, 5.74) is 3.12. The fourth-order valence-corrected chi connectivity index (χ4v) is 5.04. The van der Waals surface area contributed by atoms with Crippen molar-refractivity contribution in [1.29, 1.82) is 0 Å². The average Bonchev–Trinajstić information content (AvgIpc) is 2.87. The van der Waals surface area contributed by atoms with Gasteiger partial charge in [0.05, 0.1) is 18.2 Å². The van der Waals surface area contributed by atoms with Gasteiger partial charge in [-0.3, -0.25) is 4.79 Å². The number of aromatic amines is 1. The summed E-state index contributed by atoms with van der Waals surface area (Å²) in [6, 6.07) is 15.2. The summed E-state index contributed by atoms with van der Waals surface area (Å²) in [6.45, 7) is 3.95. The Labute approximate surface area is 219 Å². The van der Waals surface area contributed by atoms with E-state index in [1.165, 1.54) is 0 Å². The first-order chi connectivity index (χ1) is 17.4. The maximum absolute atomic E-state index is 12.8. The van der Waals surface area contributed by atoms with Crippen molar-refractivity contribution in [2.24, 2.45) is 0 Å². The molecule has 186 valence electrons. The number of methoxy groups -OCH3 is 1. The highest BCUT2D eigenvalue weighted by Gasteiger charge is 2.18. The molecule has 1 aliphatic rings. The zero-order valence-electron chi connectivity index (χ0n) is 20.1. The van der Waals surface area contributed by atoms with Gasteiger partial charge >= 0.3 is 0 Å². The molecule has 0 amide bonds. The Bertz CT molecular complexity index is 1440. The number of halogens is 2. The molecule has 36 heavy (non-hydrogen) atoms. The molecule has 2 aromatic heterocycles. The highest BCUT2D eigenvalue weighted by atomic mass is 35.5. The molecule has 0 atom stereocenters. The third-order valence-corrected chi connectivity index (χ3v) is 7.24. The van der Waals surface area contributed by atoms with E-state index in [0.717, 1.165) is 54.2 Å². The number of nitrogens with zero attached hydrogens (tertiary/aromatic N) is 3. The average molecular weight is 524 g/mol. The van der Waals surface area contributed by atoms with Gasteiger partial charge in [0, 0.05) is 66.3 Å². The van der Waals surface area contributed by atoms with Crippen LogP contribution < -0.4 is 20.5 Å². The van der Waals surface area contributed by atoms with Crippen molar-refractivity contribution < 1.29 is 4.74 Å². The number of pyridine rings is 2. The molecular weight excluding hydrogens is 497 g/mol. The summed E-state index contributed by atoms with van der Waals surface area (Å²) in [5.74, 6) is 1.12. The SMILES string of the molecule is COc1cc(N2CCN(C)CC2)ccc1Nc1nc(Cc2c(Cl)cccc2Cl)cc2cc[nH]c(=O)c12. The van der Waals surface area contributed by atoms with Crippen LogP contribution in [0.25, 0.3) is 10.8 Å². The first kappa shape index (κ1) is 24.4. The van der Waals surface area contributed by atoms with Gasteiger partial charge in [-0.2, -0.15) is 0 Å². The van der Waals surface area contributed by atoms with Crippen LogP contribution in [0.5, 0.6) is 5.75 Å². The van der Waals surface area contributed by atoms with Gasteiger partial charge in [0.25, 0.3) is 5.56 Å². The second-order valence-electron chi connectivity index (χ2n) is 8.91. The summed E-state index contributed by atoms with van der Waals surface area (Å²) in [7, 11) is 3.78. The molecule has 2 aromatic carbocycles. The Morgan fingerprint density at radius 1 is 1.06 bits per heavy atom. The fraction of sp³-hybridized carbons (Fsp3) is 0.259. The third-order valence-electron chi connectivity index (χ3n) is 6.53. The maximum atomic E-state index is 12.8. The Morgan fingerprint density at radius 2 is 1.81 bits per heavy atom. The number of hydrogen-bond acceptors (Lipinski definition) is 6. The molecule has 3 heterocycles. The van der Waals surface area contributed by atoms with E-state index in [1.807, 2.05) is 30.3 Å². The smallest absolute Gasteiger partial charge is 0.259 e. The molecule has 1 saturated heterocycles. The van der Waals surface area contributed by atoms with E-state index in [4.69, 9.17) is 32.9 Å². The maximum Gasteiger partial charge on any atom is 0.259 e. The van der Waals surface area contributed by atoms with E-state index in [0.29, 0.717) is 33.4 Å². The first-order valence-corrected chi connectivity index (χ1v) is 12.5. The first-order valence-electron chi connectivity index (χ1n) is 11.8. The molecule has 9 heteroatoms. The standard InChI is InChI=1S/C27H27Cl2N5O2/c1-33-10-12-34(13-11-33)19-6-7-23(24(16-19)36-2)32-26-25-17(8-9-30-27(25)35)14-18(31-26)15-20-21(28)4-3-5-22(20)29/h3-9,14,16H,10-13,15H2,1-2H3,(H,30,35)(H,31,32). The van der Waals surface area contributed by atoms with Crippen molar-refractivity contribution in [3.05, 3.63) is 86.4 Å². The van der Waals surface area contributed by atoms with E-state index in [2.05, 4.69) is 33.2 Å². The monoisotopic (exact) mass is 523 g/mol. The normalized spacial score (nSPS) is 14.3. The third kappa shape index (κ3) is 5.00. The Balaban J connectivity index is 1.52. The van der Waals surface area contributed by atoms with Gasteiger partial charge in [0.2, 0.25) is 0 Å². The molecule has 7 nitrogen and oxygen atoms in total. The molecule has 0 bridgehead atoms. The van der Waals surface area contributed by atoms with E-state index >= 15 is 0 Å². The number of fused-ring (bicyclic) bond motifs is 1. The fourth-order valence-electron chi connectivity index (χ4n) is 4.50. The lowest BCUT2D eigenvalue weighted by atomic mass is 10.1. The van der Waals surface area contributed by atoms with Gasteiger partial charge in [-0.15, -0.1) is 0 Å². The number of H-pyrrole nitrogens is 1. The molecule has 0 spiro atoms. The zero-order valence-corrected chi connectivity index (χ0v) is 21.7. The molecular formula is C27H27Cl2N5O2. The molecule has 2 N–H and O–H groups in total. The van der Waals surface area contributed by atoms with Crippen LogP contribution in [0.3, 0.4) is 0 Å². The summed E-state index contributed by atoms with van der Waals surface area (Å²) in [4.78, 5) is 25.0. The number of anilines is 3. The van der Waals surface area contributed by atoms with Crippen LogP contribution in [0.15, 0.2) is 59.5 Å². The van der Waals surface area contributed by atoms with Gasteiger partial charge in [0.1, 0.15) is 11.6 Å². The number of nitrogens with one attached hydrogen (secondary N) is 2. The Hall–Kier alpha value is -3.26. The van der Waals surface area contributed by atoms with Crippen LogP contribution in [-0.2, 0) is 6.42 Å². The molecule has 0 aliphatic carbocycles. The second-order valence-corrected chi connectivity index (χ2v) is 9.72. The predicted molar refractivity (Wildman–Crippen MR) is 148 cm³/mol. The largest absolute Gasteiger partial charge is 0.494 e. The highest BCUT2D eigenvalue weighted by Crippen LogP contribution is 2.34. The van der Waals surface area contributed by atoms with Gasteiger partial charge in [0.15, 0.2) is 0 Å². The number of rotatable bonds is 6. The Morgan fingerprint density at radius 3 is 2.53 bits per heavy atom. The van der Waals surface area contributed by atoms with Crippen molar-refractivity contribution in [2.75, 3.05) is 50.6 Å². The van der Waals surface area contributed by atoms with Crippen molar-refractivity contribution >= 4 is 51.2 Å². The lowest BCUT2D eigenvalue weighted by Crippen LogP contribution is -2.44. The number of ether oxygens (including phenoxy) is 1. The summed E-state index contributed by atoms with van der Waals surface area (Å²) >= 11 is 12.8. The summed E-state index contributed by atoms with van der Waals surface area (Å²) in [6.07, 6.45) is 2.06. The van der Waals surface area contributed by atoms with Crippen LogP contribution in [0.4, 0.5) is 17.2 Å². The molecule has 0 saturated carbocycles. The van der Waals surface area contributed by atoms with Gasteiger partial charge in [-0.25, -0.2) is 4.98 Å². The highest BCUT2D eigenvalue weighted by molar-refractivity contribution is 6.36. The van der Waals surface area contributed by atoms with Crippen LogP contribution in [0, 0.1) is 0 Å². The zero-order chi connectivity index (χ0) is 25.2. The molecule has 1 aliphatic heterocycles. The minimum Gasteiger partial charge on any atom is -0.494 e. The quantitative estimate of drug-likeness (QED) is 0.356. The van der Waals surface area contributed by atoms with Crippen molar-refractivity contribution in [3.8, 4) is 5.75 Å². The van der Waals surface area contributed by atoms with Gasteiger partial charge < -0.3 is 24.8 Å². The van der Waals surface area contributed by atoms with Gasteiger partial charge in [-0.1, -0.05) is 29.3 Å². The van der Waals surface area contributed by atoms with Crippen molar-refractivity contribution in [2.45, 2.75) is 6.42 Å². The lowest BCUT2D eigenvalue weighted by Gasteiger charge is -2.34. The van der Waals surface area contributed by atoms with Crippen LogP contribution in [0.2, 0.25) is 10.0 Å². The van der Waals surface area contributed by atoms with Crippen molar-refractivity contribution in [1.82, 2.24) is 14.9 Å². The summed E-state index contributed by atoms with van der Waals surface area (Å²) < 4.78 is 5.72. The number of piperazine rings is 1. The molecule has 0 radical (unpaired) electrons. The summed E-state index contributed by atoms with van der Waals surface area (Å²) in [5, 5.41) is 5.74. The lowest BCUT2D eigenvalue weighted by molar-refractivity contribution is 0.312. The second kappa shape index (κ2) is 10.4. The topological polar surface area (TPSA) is 73.5 Å². The predicted octanol–water partition coefficient (Wildman–Crippen LogP) is 5.32. The number of hydrogen-bond donors (Lipinski definition) is 2. The minimum atomic E-state index is -0.224. The van der Waals surface area contributed by atoms with Crippen LogP contribution >= 0.6 is 23.2 Å². The number of aromatic nitrogens is 2. The van der Waals surface area contributed by atoms with E-state index in [9.17, 15) is 4.79 Å². The van der Waals surface area contributed by atoms with E-state index < -0.39 is 0 Å². The van der Waals surface area contributed by atoms with Crippen LogP contribution in [-0.4, -0.2) is 55.2 Å². The molecule has 5 rings (SSSR count).